The van der Waals surface area contributed by atoms with Crippen molar-refractivity contribution in [1.29, 1.82) is 0 Å². The number of amides is 1. The van der Waals surface area contributed by atoms with Crippen molar-refractivity contribution in [2.45, 2.75) is 38.0 Å². The molecule has 10 heteroatoms. The minimum absolute atomic E-state index is 0.0101. The summed E-state index contributed by atoms with van der Waals surface area (Å²) in [6, 6.07) is 8.96. The van der Waals surface area contributed by atoms with Gasteiger partial charge in [-0.15, -0.1) is 0 Å². The van der Waals surface area contributed by atoms with Gasteiger partial charge < -0.3 is 14.4 Å². The van der Waals surface area contributed by atoms with Gasteiger partial charge in [0.1, 0.15) is 17.3 Å². The number of hydrogen-bond acceptors (Lipinski definition) is 5. The predicted molar refractivity (Wildman–Crippen MR) is 131 cm³/mol. The molecule has 0 N–H and O–H groups in total. The lowest BCUT2D eigenvalue weighted by molar-refractivity contribution is -0.142. The summed E-state index contributed by atoms with van der Waals surface area (Å²) in [7, 11) is -3.63. The Hall–Kier alpha value is -2.36. The number of carbonyl (C=O) groups is 1. The molecule has 190 valence electrons. The largest absolute Gasteiger partial charge is 0.493 e. The molecular formula is C25H30ClFN2O5S. The second kappa shape index (κ2) is 10.3. The van der Waals surface area contributed by atoms with Gasteiger partial charge >= 0.3 is 0 Å². The van der Waals surface area contributed by atoms with Crippen molar-refractivity contribution in [3.63, 3.8) is 0 Å². The lowest BCUT2D eigenvalue weighted by Crippen LogP contribution is -2.53. The highest BCUT2D eigenvalue weighted by Gasteiger charge is 2.36. The van der Waals surface area contributed by atoms with E-state index in [-0.39, 0.29) is 28.9 Å². The summed E-state index contributed by atoms with van der Waals surface area (Å²) in [6.07, 6.45) is 1.90. The number of nitrogens with zero attached hydrogens (tertiary/aromatic N) is 2. The van der Waals surface area contributed by atoms with Gasteiger partial charge in [-0.2, -0.15) is 4.31 Å². The summed E-state index contributed by atoms with van der Waals surface area (Å²) < 4.78 is 52.0. The van der Waals surface area contributed by atoms with Crippen LogP contribution in [0.1, 0.15) is 32.3 Å². The zero-order valence-corrected chi connectivity index (χ0v) is 21.5. The summed E-state index contributed by atoms with van der Waals surface area (Å²) in [4.78, 5) is 15.2. The number of hydrogen-bond donors (Lipinski definition) is 0. The molecule has 0 bridgehead atoms. The van der Waals surface area contributed by atoms with Gasteiger partial charge in [-0.1, -0.05) is 25.4 Å². The van der Waals surface area contributed by atoms with Crippen LogP contribution in [-0.4, -0.2) is 62.9 Å². The second-order valence-electron chi connectivity index (χ2n) is 9.47. The molecule has 1 fully saturated rings. The molecule has 0 aliphatic carbocycles. The first-order valence-electron chi connectivity index (χ1n) is 11.7. The van der Waals surface area contributed by atoms with Crippen LogP contribution >= 0.6 is 11.6 Å². The molecule has 1 amide bonds. The fourth-order valence-electron chi connectivity index (χ4n) is 4.43. The van der Waals surface area contributed by atoms with Crippen molar-refractivity contribution < 1.29 is 27.1 Å². The van der Waals surface area contributed by atoms with Crippen LogP contribution in [0.2, 0.25) is 5.02 Å². The number of fused-ring (bicyclic) bond motifs is 1. The Morgan fingerprint density at radius 3 is 2.60 bits per heavy atom. The SMILES string of the molecule is CC(C)(CCCOc1ccc(F)cc1Cl)C(=O)N1CCN(S(=O)(=O)c2ccc3c(c2)CCO3)CC1. The molecule has 2 aromatic rings. The number of piperazine rings is 1. The van der Waals surface area contributed by atoms with Crippen molar-refractivity contribution in [3.05, 3.63) is 52.8 Å². The monoisotopic (exact) mass is 524 g/mol. The minimum Gasteiger partial charge on any atom is -0.493 e. The Labute approximate surface area is 210 Å². The van der Waals surface area contributed by atoms with Gasteiger partial charge in [0.05, 0.1) is 23.1 Å². The number of halogens is 2. The van der Waals surface area contributed by atoms with Crippen molar-refractivity contribution in [1.82, 2.24) is 9.21 Å². The molecule has 7 nitrogen and oxygen atoms in total. The highest BCUT2D eigenvalue weighted by molar-refractivity contribution is 7.89. The van der Waals surface area contributed by atoms with Crippen LogP contribution in [0.4, 0.5) is 4.39 Å². The summed E-state index contributed by atoms with van der Waals surface area (Å²) in [5, 5.41) is 0.210. The molecule has 0 saturated carbocycles. The Kier molecular flexibility index (Phi) is 7.59. The second-order valence-corrected chi connectivity index (χ2v) is 11.8. The maximum atomic E-state index is 13.2. The molecule has 1 saturated heterocycles. The van der Waals surface area contributed by atoms with Crippen molar-refractivity contribution in [3.8, 4) is 11.5 Å². The van der Waals surface area contributed by atoms with E-state index in [9.17, 15) is 17.6 Å². The van der Waals surface area contributed by atoms with Crippen LogP contribution in [0.5, 0.6) is 11.5 Å². The molecule has 2 aliphatic rings. The third kappa shape index (κ3) is 5.73. The van der Waals surface area contributed by atoms with E-state index in [0.717, 1.165) is 11.3 Å². The molecule has 0 spiro atoms. The van der Waals surface area contributed by atoms with E-state index in [1.165, 1.54) is 22.5 Å². The highest BCUT2D eigenvalue weighted by atomic mass is 35.5. The van der Waals surface area contributed by atoms with E-state index >= 15 is 0 Å². The molecule has 0 unspecified atom stereocenters. The Morgan fingerprint density at radius 2 is 1.89 bits per heavy atom. The van der Waals surface area contributed by atoms with Gasteiger partial charge in [0.2, 0.25) is 15.9 Å². The minimum atomic E-state index is -3.63. The summed E-state index contributed by atoms with van der Waals surface area (Å²) in [6.45, 7) is 5.88. The molecule has 2 aliphatic heterocycles. The van der Waals surface area contributed by atoms with E-state index in [1.807, 2.05) is 13.8 Å². The molecular weight excluding hydrogens is 495 g/mol. The average Bonchev–Trinajstić information content (AvgIpc) is 3.30. The molecule has 0 radical (unpaired) electrons. The lowest BCUT2D eigenvalue weighted by Gasteiger charge is -2.38. The Bertz CT molecular complexity index is 1200. The average molecular weight is 525 g/mol. The number of carbonyl (C=O) groups excluding carboxylic acids is 1. The van der Waals surface area contributed by atoms with E-state index in [4.69, 9.17) is 21.1 Å². The van der Waals surface area contributed by atoms with Crippen molar-refractivity contribution in [2.75, 3.05) is 39.4 Å². The van der Waals surface area contributed by atoms with Gasteiger partial charge in [0.25, 0.3) is 0 Å². The number of sulfonamides is 1. The van der Waals surface area contributed by atoms with Crippen LogP contribution in [0.25, 0.3) is 0 Å². The van der Waals surface area contributed by atoms with Crippen molar-refractivity contribution in [2.24, 2.45) is 5.41 Å². The topological polar surface area (TPSA) is 76.2 Å². The fraction of sp³-hybridized carbons (Fsp3) is 0.480. The lowest BCUT2D eigenvalue weighted by atomic mass is 9.86. The maximum Gasteiger partial charge on any atom is 0.243 e. The van der Waals surface area contributed by atoms with E-state index in [2.05, 4.69) is 0 Å². The quantitative estimate of drug-likeness (QED) is 0.485. The number of benzene rings is 2. The van der Waals surface area contributed by atoms with Gasteiger partial charge in [-0.05, 0) is 54.8 Å². The van der Waals surface area contributed by atoms with E-state index in [1.54, 1.807) is 23.1 Å². The molecule has 35 heavy (non-hydrogen) atoms. The smallest absolute Gasteiger partial charge is 0.243 e. The van der Waals surface area contributed by atoms with Crippen LogP contribution in [0, 0.1) is 11.2 Å². The standard InChI is InChI=1S/C25H30ClFN2O5S/c1-25(2,9-3-14-33-23-6-4-19(27)17-21(23)26)24(30)28-10-12-29(13-11-28)35(31,32)20-5-7-22-18(16-20)8-15-34-22/h4-7,16-17H,3,8-15H2,1-2H3. The zero-order valence-electron chi connectivity index (χ0n) is 19.9. The summed E-state index contributed by atoms with van der Waals surface area (Å²) in [5.41, 5.74) is 0.282. The number of ether oxygens (including phenoxy) is 2. The number of rotatable bonds is 8. The Balaban J connectivity index is 1.28. The molecule has 2 heterocycles. The third-order valence-corrected chi connectivity index (χ3v) is 8.69. The normalized spacial score (nSPS) is 16.6. The maximum absolute atomic E-state index is 13.2. The van der Waals surface area contributed by atoms with Gasteiger partial charge in [-0.25, -0.2) is 12.8 Å². The molecule has 2 aromatic carbocycles. The summed E-state index contributed by atoms with van der Waals surface area (Å²) in [5.74, 6) is 0.714. The fourth-order valence-corrected chi connectivity index (χ4v) is 6.12. The zero-order chi connectivity index (χ0) is 25.2. The highest BCUT2D eigenvalue weighted by Crippen LogP contribution is 2.31. The van der Waals surface area contributed by atoms with Crippen LogP contribution in [0.15, 0.2) is 41.3 Å². The van der Waals surface area contributed by atoms with Crippen molar-refractivity contribution >= 4 is 27.5 Å². The molecule has 0 aromatic heterocycles. The first-order valence-corrected chi connectivity index (χ1v) is 13.5. The van der Waals surface area contributed by atoms with Gasteiger partial charge in [-0.3, -0.25) is 4.79 Å². The summed E-state index contributed by atoms with van der Waals surface area (Å²) >= 11 is 5.98. The molecule has 4 rings (SSSR count). The first kappa shape index (κ1) is 25.7. The van der Waals surface area contributed by atoms with E-state index < -0.39 is 21.3 Å². The van der Waals surface area contributed by atoms with Crippen LogP contribution in [0.3, 0.4) is 0 Å². The van der Waals surface area contributed by atoms with Gasteiger partial charge in [0, 0.05) is 38.0 Å². The van der Waals surface area contributed by atoms with Crippen LogP contribution in [-0.2, 0) is 21.2 Å². The van der Waals surface area contributed by atoms with Gasteiger partial charge in [0.15, 0.2) is 0 Å². The van der Waals surface area contributed by atoms with Crippen LogP contribution < -0.4 is 9.47 Å². The molecule has 0 atom stereocenters. The van der Waals surface area contributed by atoms with E-state index in [0.29, 0.717) is 51.3 Å². The first-order chi connectivity index (χ1) is 16.6. The third-order valence-electron chi connectivity index (χ3n) is 6.50. The predicted octanol–water partition coefficient (Wildman–Crippen LogP) is 4.13. The Morgan fingerprint density at radius 1 is 1.14 bits per heavy atom.